The fraction of sp³-hybridized carbons (Fsp3) is 0.0714. The topological polar surface area (TPSA) is 20.7 Å². The molecule has 0 aliphatic carbocycles. The second-order valence-electron chi connectivity index (χ2n) is 4.27. The van der Waals surface area contributed by atoms with E-state index in [0.29, 0.717) is 0 Å². The van der Waals surface area contributed by atoms with Crippen molar-refractivity contribution >= 4 is 45.8 Å². The molecule has 0 aliphatic heterocycles. The van der Waals surface area contributed by atoms with Gasteiger partial charge in [0.2, 0.25) is 0 Å². The maximum absolute atomic E-state index is 5.43. The summed E-state index contributed by atoms with van der Waals surface area (Å²) in [5.41, 5.74) is 4.53. The molecular weight excluding hydrogens is 355 g/mol. The van der Waals surface area contributed by atoms with E-state index in [2.05, 4.69) is 81.5 Å². The van der Waals surface area contributed by atoms with E-state index < -0.39 is 0 Å². The fourth-order valence-corrected chi connectivity index (χ4v) is 2.91. The number of halogens is 1. The third-order valence-electron chi connectivity index (χ3n) is 2.90. The van der Waals surface area contributed by atoms with Gasteiger partial charge >= 0.3 is 0 Å². The number of hydrogen-bond donors (Lipinski definition) is 1. The predicted molar refractivity (Wildman–Crippen MR) is 85.9 cm³/mol. The number of imidazole rings is 1. The molecule has 1 heterocycles. The van der Waals surface area contributed by atoms with E-state index in [1.165, 1.54) is 9.13 Å². The summed E-state index contributed by atoms with van der Waals surface area (Å²) in [4.78, 5) is 3.26. The zero-order valence-electron chi connectivity index (χ0n) is 9.77. The molecule has 0 saturated heterocycles. The van der Waals surface area contributed by atoms with Crippen molar-refractivity contribution < 1.29 is 0 Å². The summed E-state index contributed by atoms with van der Waals surface area (Å²) >= 11 is 7.73. The Morgan fingerprint density at radius 3 is 2.78 bits per heavy atom. The molecule has 18 heavy (non-hydrogen) atoms. The largest absolute Gasteiger partial charge is 0.330 e. The first-order chi connectivity index (χ1) is 8.65. The monoisotopic (exact) mass is 366 g/mol. The second-order valence-corrected chi connectivity index (χ2v) is 5.90. The number of aromatic nitrogens is 2. The Morgan fingerprint density at radius 2 is 2.00 bits per heavy atom. The van der Waals surface area contributed by atoms with E-state index in [1.807, 2.05) is 0 Å². The third-order valence-corrected chi connectivity index (χ3v) is 3.86. The highest BCUT2D eigenvalue weighted by Gasteiger charge is 2.06. The van der Waals surface area contributed by atoms with Crippen LogP contribution in [0.4, 0.5) is 0 Å². The summed E-state index contributed by atoms with van der Waals surface area (Å²) in [6.07, 6.45) is 0. The lowest BCUT2D eigenvalue weighted by atomic mass is 10.2. The number of H-pyrrole nitrogens is 1. The molecule has 0 radical (unpaired) electrons. The molecule has 1 aromatic heterocycles. The molecule has 3 rings (SSSR count). The first kappa shape index (κ1) is 11.9. The molecule has 2 aromatic carbocycles. The SMILES string of the molecule is Cc1cccc(-n2c(=S)[nH]c3cc(I)ccc32)c1. The van der Waals surface area contributed by atoms with Gasteiger partial charge in [-0.2, -0.15) is 0 Å². The van der Waals surface area contributed by atoms with Gasteiger partial charge < -0.3 is 4.98 Å². The van der Waals surface area contributed by atoms with Gasteiger partial charge in [0.25, 0.3) is 0 Å². The summed E-state index contributed by atoms with van der Waals surface area (Å²) in [6, 6.07) is 14.7. The Bertz CT molecular complexity index is 786. The highest BCUT2D eigenvalue weighted by atomic mass is 127. The van der Waals surface area contributed by atoms with Crippen LogP contribution in [0.1, 0.15) is 5.56 Å². The quantitative estimate of drug-likeness (QED) is 0.493. The van der Waals surface area contributed by atoms with Crippen LogP contribution < -0.4 is 0 Å². The van der Waals surface area contributed by atoms with Crippen molar-refractivity contribution in [3.63, 3.8) is 0 Å². The molecule has 3 aromatic rings. The molecule has 0 aliphatic rings. The van der Waals surface area contributed by atoms with Gasteiger partial charge in [-0.25, -0.2) is 0 Å². The van der Waals surface area contributed by atoms with Crippen molar-refractivity contribution in [1.29, 1.82) is 0 Å². The number of hydrogen-bond acceptors (Lipinski definition) is 1. The predicted octanol–water partition coefficient (Wildman–Crippen LogP) is 4.60. The van der Waals surface area contributed by atoms with E-state index in [0.717, 1.165) is 21.5 Å². The van der Waals surface area contributed by atoms with Crippen molar-refractivity contribution in [2.45, 2.75) is 6.92 Å². The number of fused-ring (bicyclic) bond motifs is 1. The van der Waals surface area contributed by atoms with Gasteiger partial charge in [0, 0.05) is 9.26 Å². The average Bonchev–Trinajstić information content (AvgIpc) is 2.64. The van der Waals surface area contributed by atoms with Crippen LogP contribution in [0.2, 0.25) is 0 Å². The van der Waals surface area contributed by atoms with E-state index in [1.54, 1.807) is 0 Å². The molecule has 0 atom stereocenters. The second kappa shape index (κ2) is 4.51. The number of nitrogens with zero attached hydrogens (tertiary/aromatic N) is 1. The van der Waals surface area contributed by atoms with Crippen LogP contribution in [0, 0.1) is 15.3 Å². The van der Waals surface area contributed by atoms with Gasteiger partial charge in [0.15, 0.2) is 4.77 Å². The Morgan fingerprint density at radius 1 is 1.17 bits per heavy atom. The molecule has 0 fully saturated rings. The molecule has 4 heteroatoms. The molecule has 1 N–H and O–H groups in total. The Hall–Kier alpha value is -1.14. The third kappa shape index (κ3) is 1.99. The number of nitrogens with one attached hydrogen (secondary N) is 1. The Kier molecular flexibility index (Phi) is 2.99. The van der Waals surface area contributed by atoms with Gasteiger partial charge in [0.1, 0.15) is 0 Å². The normalized spacial score (nSPS) is 11.0. The molecule has 0 spiro atoms. The van der Waals surface area contributed by atoms with Crippen molar-refractivity contribution in [2.75, 3.05) is 0 Å². The van der Waals surface area contributed by atoms with Crippen LogP contribution in [0.25, 0.3) is 16.7 Å². The summed E-state index contributed by atoms with van der Waals surface area (Å²) in [5, 5.41) is 0. The molecule has 2 nitrogen and oxygen atoms in total. The average molecular weight is 366 g/mol. The fourth-order valence-electron chi connectivity index (χ4n) is 2.11. The number of rotatable bonds is 1. The molecule has 0 bridgehead atoms. The zero-order chi connectivity index (χ0) is 12.7. The van der Waals surface area contributed by atoms with Crippen LogP contribution in [0.5, 0.6) is 0 Å². The van der Waals surface area contributed by atoms with E-state index in [9.17, 15) is 0 Å². The molecule has 0 unspecified atom stereocenters. The minimum absolute atomic E-state index is 0.734. The number of benzene rings is 2. The maximum atomic E-state index is 5.43. The lowest BCUT2D eigenvalue weighted by Crippen LogP contribution is -1.94. The lowest BCUT2D eigenvalue weighted by molar-refractivity contribution is 1.06. The first-order valence-corrected chi connectivity index (χ1v) is 7.11. The minimum Gasteiger partial charge on any atom is -0.330 e. The highest BCUT2D eigenvalue weighted by molar-refractivity contribution is 14.1. The minimum atomic E-state index is 0.734. The van der Waals surface area contributed by atoms with E-state index >= 15 is 0 Å². The lowest BCUT2D eigenvalue weighted by Gasteiger charge is -2.05. The van der Waals surface area contributed by atoms with Crippen LogP contribution in [-0.4, -0.2) is 9.55 Å². The summed E-state index contributed by atoms with van der Waals surface area (Å²) in [6.45, 7) is 2.09. The van der Waals surface area contributed by atoms with Gasteiger partial charge in [-0.05, 0) is 77.6 Å². The maximum Gasteiger partial charge on any atom is 0.182 e. The van der Waals surface area contributed by atoms with Crippen LogP contribution in [0.15, 0.2) is 42.5 Å². The number of aromatic amines is 1. The zero-order valence-corrected chi connectivity index (χ0v) is 12.7. The van der Waals surface area contributed by atoms with E-state index in [-0.39, 0.29) is 0 Å². The smallest absolute Gasteiger partial charge is 0.182 e. The van der Waals surface area contributed by atoms with Crippen molar-refractivity contribution in [1.82, 2.24) is 9.55 Å². The van der Waals surface area contributed by atoms with Crippen LogP contribution in [0.3, 0.4) is 0 Å². The highest BCUT2D eigenvalue weighted by Crippen LogP contribution is 2.21. The summed E-state index contributed by atoms with van der Waals surface area (Å²) in [7, 11) is 0. The molecular formula is C14H11IN2S. The standard InChI is InChI=1S/C14H11IN2S/c1-9-3-2-4-11(7-9)17-13-6-5-10(15)8-12(13)16-14(17)18/h2-8H,1H3,(H,16,18). The molecule has 0 saturated carbocycles. The van der Waals surface area contributed by atoms with Crippen LogP contribution in [-0.2, 0) is 0 Å². The van der Waals surface area contributed by atoms with Gasteiger partial charge in [-0.3, -0.25) is 4.57 Å². The molecule has 90 valence electrons. The van der Waals surface area contributed by atoms with Crippen molar-refractivity contribution in [2.24, 2.45) is 0 Å². The van der Waals surface area contributed by atoms with Gasteiger partial charge in [-0.15, -0.1) is 0 Å². The molecule has 0 amide bonds. The van der Waals surface area contributed by atoms with Gasteiger partial charge in [0.05, 0.1) is 11.0 Å². The van der Waals surface area contributed by atoms with Crippen molar-refractivity contribution in [3.05, 3.63) is 56.4 Å². The van der Waals surface area contributed by atoms with Crippen molar-refractivity contribution in [3.8, 4) is 5.69 Å². The Balaban J connectivity index is 2.35. The van der Waals surface area contributed by atoms with Gasteiger partial charge in [-0.1, -0.05) is 12.1 Å². The Labute approximate surface area is 124 Å². The van der Waals surface area contributed by atoms with E-state index in [4.69, 9.17) is 12.2 Å². The summed E-state index contributed by atoms with van der Waals surface area (Å²) < 4.78 is 4.01. The first-order valence-electron chi connectivity index (χ1n) is 5.62. The number of aryl methyl sites for hydroxylation is 1. The van der Waals surface area contributed by atoms with Crippen LogP contribution >= 0.6 is 34.8 Å². The summed E-state index contributed by atoms with van der Waals surface area (Å²) in [5.74, 6) is 0.